The topological polar surface area (TPSA) is 92.5 Å². The average Bonchev–Trinajstić information content (AvgIpc) is 1.65. The van der Waals surface area contributed by atoms with E-state index in [0.717, 1.165) is 0 Å². The summed E-state index contributed by atoms with van der Waals surface area (Å²) in [5.41, 5.74) is 0. The van der Waals surface area contributed by atoms with Crippen molar-refractivity contribution in [1.82, 2.24) is 0 Å². The molecule has 2 N–H and O–H groups in total. The summed E-state index contributed by atoms with van der Waals surface area (Å²) in [6.45, 7) is 0. The summed E-state index contributed by atoms with van der Waals surface area (Å²) >= 11 is 0. The van der Waals surface area contributed by atoms with E-state index in [9.17, 15) is 14.7 Å². The number of aliphatic carboxylic acids is 1. The molecule has 0 radical (unpaired) electrons. The fraction of sp³-hybridized carbons (Fsp3) is 0. The molecule has 0 atom stereocenters. The molecular formula is C2H2NO4Ti+. The van der Waals surface area contributed by atoms with Crippen molar-refractivity contribution in [2.24, 2.45) is 5.90 Å². The van der Waals surface area contributed by atoms with Crippen LogP contribution < -0.4 is 11.0 Å². The Morgan fingerprint density at radius 1 is 1.50 bits per heavy atom. The predicted molar refractivity (Wildman–Crippen MR) is 15.3 cm³/mol. The van der Waals surface area contributed by atoms with E-state index in [-0.39, 0.29) is 21.7 Å². The number of carboxylic acid groups (broad SMARTS) is 1. The van der Waals surface area contributed by atoms with Crippen LogP contribution in [0.3, 0.4) is 0 Å². The molecule has 0 fully saturated rings. The molecule has 5 nitrogen and oxygen atoms in total. The maximum atomic E-state index is 9.50. The van der Waals surface area contributed by atoms with Gasteiger partial charge in [0.15, 0.2) is 5.97 Å². The Morgan fingerprint density at radius 2 is 1.88 bits per heavy atom. The summed E-state index contributed by atoms with van der Waals surface area (Å²) in [5, 5.41) is 9.26. The minimum atomic E-state index is -1.94. The molecule has 42 valence electrons. The third-order valence-corrected chi connectivity index (χ3v) is 0.274. The average molecular weight is 152 g/mol. The molecule has 0 aliphatic rings. The number of carbonyl (C=O) groups excluding carboxylic acids is 2. The Morgan fingerprint density at radius 3 is 1.88 bits per heavy atom. The number of carbonyl (C=O) groups is 2. The molecule has 0 aromatic carbocycles. The molecule has 0 bridgehead atoms. The number of carboxylic acids is 1. The van der Waals surface area contributed by atoms with E-state index in [1.165, 1.54) is 0 Å². The van der Waals surface area contributed by atoms with E-state index in [1.807, 2.05) is 0 Å². The van der Waals surface area contributed by atoms with E-state index in [1.54, 1.807) is 0 Å². The van der Waals surface area contributed by atoms with Crippen molar-refractivity contribution in [2.45, 2.75) is 0 Å². The first kappa shape index (κ1) is 10.6. The van der Waals surface area contributed by atoms with Crippen molar-refractivity contribution in [3.8, 4) is 0 Å². The van der Waals surface area contributed by atoms with Crippen LogP contribution in [0.25, 0.3) is 0 Å². The van der Waals surface area contributed by atoms with Crippen LogP contribution >= 0.6 is 0 Å². The number of hydrogen-bond donors (Lipinski definition) is 1. The van der Waals surface area contributed by atoms with Crippen molar-refractivity contribution >= 4 is 11.9 Å². The van der Waals surface area contributed by atoms with E-state index in [0.29, 0.717) is 0 Å². The summed E-state index contributed by atoms with van der Waals surface area (Å²) in [4.78, 5) is 22.0. The van der Waals surface area contributed by atoms with Gasteiger partial charge in [-0.25, -0.2) is 4.79 Å². The maximum Gasteiger partial charge on any atom is 2.00 e. The largest absolute Gasteiger partial charge is 2.00 e. The van der Waals surface area contributed by atoms with Crippen molar-refractivity contribution < 1.29 is 41.3 Å². The normalized spacial score (nSPS) is 6.62. The first-order valence-corrected chi connectivity index (χ1v) is 1.30. The second-order valence-electron chi connectivity index (χ2n) is 0.693. The van der Waals surface area contributed by atoms with Crippen LogP contribution in [0.2, 0.25) is 0 Å². The van der Waals surface area contributed by atoms with E-state index in [2.05, 4.69) is 10.7 Å². The fourth-order valence-corrected chi connectivity index (χ4v) is 0.0481. The molecule has 0 heterocycles. The molecule has 0 aliphatic carbocycles. The zero-order valence-electron chi connectivity index (χ0n) is 3.71. The molecule has 0 aromatic rings. The number of nitrogens with two attached hydrogens (primary N) is 1. The monoisotopic (exact) mass is 152 g/mol. The van der Waals surface area contributed by atoms with Gasteiger partial charge in [-0.1, -0.05) is 0 Å². The van der Waals surface area contributed by atoms with Crippen LogP contribution in [0.4, 0.5) is 0 Å². The molecule has 0 saturated heterocycles. The molecule has 0 spiro atoms. The van der Waals surface area contributed by atoms with Gasteiger partial charge in [0.1, 0.15) is 0 Å². The molecule has 6 heteroatoms. The molecule has 0 saturated carbocycles. The van der Waals surface area contributed by atoms with Gasteiger partial charge in [0.2, 0.25) is 0 Å². The minimum Gasteiger partial charge on any atom is -0.539 e. The van der Waals surface area contributed by atoms with Gasteiger partial charge in [-0.05, 0) is 0 Å². The predicted octanol–water partition coefficient (Wildman–Crippen LogP) is -2.85. The van der Waals surface area contributed by atoms with Crippen LogP contribution in [0.15, 0.2) is 0 Å². The van der Waals surface area contributed by atoms with Crippen molar-refractivity contribution in [3.63, 3.8) is 0 Å². The SMILES string of the molecule is NOC(=O)C(=O)[O-].[Ti+2]. The van der Waals surface area contributed by atoms with Gasteiger partial charge in [0.05, 0.1) is 0 Å². The zero-order valence-corrected chi connectivity index (χ0v) is 5.27. The van der Waals surface area contributed by atoms with Crippen LogP contribution in [0.1, 0.15) is 0 Å². The van der Waals surface area contributed by atoms with E-state index >= 15 is 0 Å². The van der Waals surface area contributed by atoms with Crippen LogP contribution in [-0.4, -0.2) is 11.9 Å². The summed E-state index contributed by atoms with van der Waals surface area (Å²) in [6, 6.07) is 0. The molecule has 0 aliphatic heterocycles. The zero-order chi connectivity index (χ0) is 5.86. The van der Waals surface area contributed by atoms with Gasteiger partial charge < -0.3 is 14.7 Å². The van der Waals surface area contributed by atoms with Gasteiger partial charge in [0, 0.05) is 0 Å². The maximum absolute atomic E-state index is 9.50. The van der Waals surface area contributed by atoms with E-state index < -0.39 is 11.9 Å². The molecule has 8 heavy (non-hydrogen) atoms. The standard InChI is InChI=1S/C2H3NO4.Ti/c3-7-2(6)1(4)5;/h3H2,(H,4,5);/q;+2/p-1. The second-order valence-corrected chi connectivity index (χ2v) is 0.693. The first-order chi connectivity index (χ1) is 3.18. The second kappa shape index (κ2) is 4.77. The van der Waals surface area contributed by atoms with Gasteiger partial charge in [-0.15, -0.1) is 0 Å². The Bertz CT molecular complexity index is 102. The van der Waals surface area contributed by atoms with E-state index in [4.69, 9.17) is 0 Å². The summed E-state index contributed by atoms with van der Waals surface area (Å²) in [6.07, 6.45) is 0. The Labute approximate surface area is 59.6 Å². The Kier molecular flexibility index (Phi) is 6.30. The van der Waals surface area contributed by atoms with Gasteiger partial charge in [-0.3, -0.25) is 0 Å². The molecule has 0 aromatic heterocycles. The van der Waals surface area contributed by atoms with Gasteiger partial charge >= 0.3 is 27.7 Å². The number of rotatable bonds is 0. The summed E-state index contributed by atoms with van der Waals surface area (Å²) in [7, 11) is 0. The fourth-order valence-electron chi connectivity index (χ4n) is 0.0481. The van der Waals surface area contributed by atoms with Crippen LogP contribution in [0, 0.1) is 0 Å². The Hall–Kier alpha value is -0.386. The third-order valence-electron chi connectivity index (χ3n) is 0.274. The smallest absolute Gasteiger partial charge is 0.539 e. The first-order valence-electron chi connectivity index (χ1n) is 1.30. The van der Waals surface area contributed by atoms with Gasteiger partial charge in [-0.2, -0.15) is 5.90 Å². The molecule has 0 rings (SSSR count). The quantitative estimate of drug-likeness (QED) is 0.229. The Balaban J connectivity index is 0. The van der Waals surface area contributed by atoms with Gasteiger partial charge in [0.25, 0.3) is 0 Å². The summed E-state index contributed by atoms with van der Waals surface area (Å²) < 4.78 is 0. The molecular weight excluding hydrogens is 150 g/mol. The van der Waals surface area contributed by atoms with Crippen molar-refractivity contribution in [3.05, 3.63) is 0 Å². The van der Waals surface area contributed by atoms with Crippen molar-refractivity contribution in [2.75, 3.05) is 0 Å². The molecule has 0 amide bonds. The van der Waals surface area contributed by atoms with Crippen molar-refractivity contribution in [1.29, 1.82) is 0 Å². The van der Waals surface area contributed by atoms with Crippen LogP contribution in [0.5, 0.6) is 0 Å². The third kappa shape index (κ3) is 3.79. The van der Waals surface area contributed by atoms with Crippen LogP contribution in [-0.2, 0) is 36.1 Å². The molecule has 0 unspecified atom stereocenters. The number of hydrogen-bond acceptors (Lipinski definition) is 5. The minimum absolute atomic E-state index is 0. The summed E-state index contributed by atoms with van der Waals surface area (Å²) in [5.74, 6) is 0.591.